The van der Waals surface area contributed by atoms with Crippen LogP contribution in [0.15, 0.2) is 54.6 Å². The highest BCUT2D eigenvalue weighted by molar-refractivity contribution is 5.63. The maximum atomic E-state index is 5.61. The first kappa shape index (κ1) is 13.3. The fourth-order valence-electron chi connectivity index (χ4n) is 2.63. The van der Waals surface area contributed by atoms with Gasteiger partial charge in [0.25, 0.3) is 0 Å². The van der Waals surface area contributed by atoms with Gasteiger partial charge in [0, 0.05) is 19.7 Å². The Morgan fingerprint density at radius 3 is 2.40 bits per heavy atom. The van der Waals surface area contributed by atoms with E-state index in [9.17, 15) is 0 Å². The average molecular weight is 267 g/mol. The Morgan fingerprint density at radius 1 is 0.950 bits per heavy atom. The third-order valence-corrected chi connectivity index (χ3v) is 3.79. The SMILES string of the molecule is c1ccc(-c2ccc(CNCC3CCCO3)cc2)cc1. The number of rotatable bonds is 5. The number of hydrogen-bond acceptors (Lipinski definition) is 2. The summed E-state index contributed by atoms with van der Waals surface area (Å²) in [4.78, 5) is 0. The molecule has 1 heterocycles. The topological polar surface area (TPSA) is 21.3 Å². The van der Waals surface area contributed by atoms with Gasteiger partial charge in [0.1, 0.15) is 0 Å². The molecule has 0 amide bonds. The van der Waals surface area contributed by atoms with Gasteiger partial charge in [-0.15, -0.1) is 0 Å². The van der Waals surface area contributed by atoms with E-state index in [4.69, 9.17) is 4.74 Å². The van der Waals surface area contributed by atoms with Crippen molar-refractivity contribution in [1.82, 2.24) is 5.32 Å². The molecule has 1 unspecified atom stereocenters. The molecule has 2 heteroatoms. The summed E-state index contributed by atoms with van der Waals surface area (Å²) in [6, 6.07) is 19.3. The molecule has 0 aliphatic carbocycles. The van der Waals surface area contributed by atoms with Crippen molar-refractivity contribution >= 4 is 0 Å². The van der Waals surface area contributed by atoms with E-state index in [-0.39, 0.29) is 0 Å². The lowest BCUT2D eigenvalue weighted by Gasteiger charge is -2.11. The summed E-state index contributed by atoms with van der Waals surface area (Å²) < 4.78 is 5.61. The standard InChI is InChI=1S/C18H21NO/c1-2-5-16(6-3-1)17-10-8-15(9-11-17)13-19-14-18-7-4-12-20-18/h1-3,5-6,8-11,18-19H,4,7,12-14H2. The number of benzene rings is 2. The third-order valence-electron chi connectivity index (χ3n) is 3.79. The van der Waals surface area contributed by atoms with E-state index in [1.54, 1.807) is 0 Å². The summed E-state index contributed by atoms with van der Waals surface area (Å²) in [6.07, 6.45) is 2.82. The van der Waals surface area contributed by atoms with Crippen LogP contribution in [0.2, 0.25) is 0 Å². The summed E-state index contributed by atoms with van der Waals surface area (Å²) in [6.45, 7) is 2.80. The summed E-state index contributed by atoms with van der Waals surface area (Å²) in [5, 5.41) is 3.48. The highest BCUT2D eigenvalue weighted by atomic mass is 16.5. The van der Waals surface area contributed by atoms with Gasteiger partial charge in [-0.1, -0.05) is 54.6 Å². The van der Waals surface area contributed by atoms with E-state index in [0.717, 1.165) is 19.7 Å². The Labute approximate surface area is 120 Å². The number of hydrogen-bond donors (Lipinski definition) is 1. The highest BCUT2D eigenvalue weighted by Gasteiger charge is 2.14. The Hall–Kier alpha value is -1.64. The molecule has 2 aromatic rings. The van der Waals surface area contributed by atoms with Crippen LogP contribution >= 0.6 is 0 Å². The van der Waals surface area contributed by atoms with Crippen LogP contribution in [0.5, 0.6) is 0 Å². The van der Waals surface area contributed by atoms with Crippen LogP contribution in [0, 0.1) is 0 Å². The van der Waals surface area contributed by atoms with E-state index in [1.807, 2.05) is 6.07 Å². The molecule has 1 atom stereocenters. The van der Waals surface area contributed by atoms with Crippen molar-refractivity contribution in [3.05, 3.63) is 60.2 Å². The fraction of sp³-hybridized carbons (Fsp3) is 0.333. The zero-order valence-electron chi connectivity index (χ0n) is 11.7. The lowest BCUT2D eigenvalue weighted by atomic mass is 10.0. The van der Waals surface area contributed by atoms with E-state index in [2.05, 4.69) is 53.8 Å². The van der Waals surface area contributed by atoms with E-state index < -0.39 is 0 Å². The second-order valence-corrected chi connectivity index (χ2v) is 5.33. The minimum atomic E-state index is 0.415. The van der Waals surface area contributed by atoms with Gasteiger partial charge in [-0.2, -0.15) is 0 Å². The second-order valence-electron chi connectivity index (χ2n) is 5.33. The van der Waals surface area contributed by atoms with Crippen LogP contribution in [-0.2, 0) is 11.3 Å². The van der Waals surface area contributed by atoms with Crippen LogP contribution in [-0.4, -0.2) is 19.3 Å². The van der Waals surface area contributed by atoms with Gasteiger partial charge in [-0.25, -0.2) is 0 Å². The molecular formula is C18H21NO. The van der Waals surface area contributed by atoms with E-state index >= 15 is 0 Å². The quantitative estimate of drug-likeness (QED) is 0.893. The van der Waals surface area contributed by atoms with Gasteiger partial charge in [-0.05, 0) is 29.5 Å². The lowest BCUT2D eigenvalue weighted by molar-refractivity contribution is 0.110. The molecule has 0 aromatic heterocycles. The zero-order chi connectivity index (χ0) is 13.6. The summed E-state index contributed by atoms with van der Waals surface area (Å²) in [5.41, 5.74) is 3.86. The van der Waals surface area contributed by atoms with Gasteiger partial charge in [-0.3, -0.25) is 0 Å². The predicted molar refractivity (Wildman–Crippen MR) is 82.6 cm³/mol. The number of nitrogens with one attached hydrogen (secondary N) is 1. The van der Waals surface area contributed by atoms with Crippen LogP contribution in [0.3, 0.4) is 0 Å². The van der Waals surface area contributed by atoms with Gasteiger partial charge >= 0.3 is 0 Å². The molecule has 104 valence electrons. The molecule has 2 nitrogen and oxygen atoms in total. The van der Waals surface area contributed by atoms with Gasteiger partial charge in [0.05, 0.1) is 6.10 Å². The molecule has 0 radical (unpaired) electrons. The van der Waals surface area contributed by atoms with Crippen molar-refractivity contribution in [2.45, 2.75) is 25.5 Å². The van der Waals surface area contributed by atoms with Crippen molar-refractivity contribution < 1.29 is 4.74 Å². The Kier molecular flexibility index (Phi) is 4.46. The molecule has 1 fully saturated rings. The molecule has 0 spiro atoms. The molecule has 1 N–H and O–H groups in total. The van der Waals surface area contributed by atoms with E-state index in [0.29, 0.717) is 6.10 Å². The first-order valence-electron chi connectivity index (χ1n) is 7.38. The van der Waals surface area contributed by atoms with Crippen molar-refractivity contribution in [2.75, 3.05) is 13.2 Å². The van der Waals surface area contributed by atoms with Crippen LogP contribution in [0.4, 0.5) is 0 Å². The molecule has 0 saturated carbocycles. The summed E-state index contributed by atoms with van der Waals surface area (Å²) in [7, 11) is 0. The molecule has 0 bridgehead atoms. The van der Waals surface area contributed by atoms with Crippen molar-refractivity contribution in [1.29, 1.82) is 0 Å². The Morgan fingerprint density at radius 2 is 1.70 bits per heavy atom. The Bertz CT molecular complexity index is 515. The second kappa shape index (κ2) is 6.69. The maximum Gasteiger partial charge on any atom is 0.0700 e. The number of ether oxygens (including phenoxy) is 1. The molecule has 1 aliphatic rings. The van der Waals surface area contributed by atoms with Crippen molar-refractivity contribution in [3.8, 4) is 11.1 Å². The smallest absolute Gasteiger partial charge is 0.0700 e. The lowest BCUT2D eigenvalue weighted by Crippen LogP contribution is -2.25. The summed E-state index contributed by atoms with van der Waals surface area (Å²) >= 11 is 0. The van der Waals surface area contributed by atoms with E-state index in [1.165, 1.54) is 29.5 Å². The van der Waals surface area contributed by atoms with Gasteiger partial charge in [0.2, 0.25) is 0 Å². The monoisotopic (exact) mass is 267 g/mol. The zero-order valence-corrected chi connectivity index (χ0v) is 11.7. The predicted octanol–water partition coefficient (Wildman–Crippen LogP) is 3.62. The van der Waals surface area contributed by atoms with Gasteiger partial charge in [0.15, 0.2) is 0 Å². The minimum absolute atomic E-state index is 0.415. The largest absolute Gasteiger partial charge is 0.377 e. The maximum absolute atomic E-state index is 5.61. The normalized spacial score (nSPS) is 18.3. The van der Waals surface area contributed by atoms with Crippen LogP contribution in [0.25, 0.3) is 11.1 Å². The Balaban J connectivity index is 1.53. The highest BCUT2D eigenvalue weighted by Crippen LogP contribution is 2.19. The molecule has 1 saturated heterocycles. The molecular weight excluding hydrogens is 246 g/mol. The van der Waals surface area contributed by atoms with Gasteiger partial charge < -0.3 is 10.1 Å². The fourth-order valence-corrected chi connectivity index (χ4v) is 2.63. The van der Waals surface area contributed by atoms with Crippen molar-refractivity contribution in [2.24, 2.45) is 0 Å². The van der Waals surface area contributed by atoms with Crippen LogP contribution in [0.1, 0.15) is 18.4 Å². The first-order chi connectivity index (χ1) is 9.92. The minimum Gasteiger partial charge on any atom is -0.377 e. The molecule has 2 aromatic carbocycles. The first-order valence-corrected chi connectivity index (χ1v) is 7.38. The summed E-state index contributed by atoms with van der Waals surface area (Å²) in [5.74, 6) is 0. The molecule has 1 aliphatic heterocycles. The average Bonchev–Trinajstić information content (AvgIpc) is 3.02. The van der Waals surface area contributed by atoms with Crippen molar-refractivity contribution in [3.63, 3.8) is 0 Å². The third kappa shape index (κ3) is 3.47. The van der Waals surface area contributed by atoms with Crippen LogP contribution < -0.4 is 5.32 Å². The molecule has 3 rings (SSSR count). The molecule has 20 heavy (non-hydrogen) atoms.